The van der Waals surface area contributed by atoms with E-state index in [2.05, 4.69) is 10.3 Å². The number of carbonyl (C=O) groups is 1. The van der Waals surface area contributed by atoms with Crippen LogP contribution in [0.4, 0.5) is 4.79 Å². The van der Waals surface area contributed by atoms with E-state index in [0.29, 0.717) is 17.1 Å². The van der Waals surface area contributed by atoms with Crippen molar-refractivity contribution in [3.8, 4) is 5.75 Å². The third kappa shape index (κ3) is 6.62. The molecule has 0 spiro atoms. The van der Waals surface area contributed by atoms with Gasteiger partial charge in [0.1, 0.15) is 12.4 Å². The van der Waals surface area contributed by atoms with Gasteiger partial charge in [-0.25, -0.2) is 15.6 Å². The number of hydrogen-bond donors (Lipinski definition) is 3. The zero-order chi connectivity index (χ0) is 22.9. The average Bonchev–Trinajstić information content (AvgIpc) is 2.80. The number of likely N-dealkylation sites (N-methyl/N-ethyl adjacent to an activating group) is 1. The molecule has 1 aromatic heterocycles. The molecule has 8 nitrogen and oxygen atoms in total. The first-order valence-electron chi connectivity index (χ1n) is 11.0. The Morgan fingerprint density at radius 2 is 1.88 bits per heavy atom. The zero-order valence-electron chi connectivity index (χ0n) is 18.8. The number of hydrazine groups is 1. The number of nitrogens with zero attached hydrogens (tertiary/aromatic N) is 2. The lowest BCUT2D eigenvalue weighted by molar-refractivity contribution is 0.140. The van der Waals surface area contributed by atoms with Gasteiger partial charge in [-0.3, -0.25) is 0 Å². The molecule has 2 aromatic rings. The van der Waals surface area contributed by atoms with Crippen molar-refractivity contribution in [2.75, 3.05) is 13.6 Å². The van der Waals surface area contributed by atoms with E-state index in [4.69, 9.17) is 21.1 Å². The van der Waals surface area contributed by atoms with Crippen LogP contribution in [0.5, 0.6) is 5.75 Å². The van der Waals surface area contributed by atoms with Crippen LogP contribution in [-0.4, -0.2) is 35.8 Å². The number of benzene rings is 1. The summed E-state index contributed by atoms with van der Waals surface area (Å²) in [5.41, 5.74) is 9.51. The van der Waals surface area contributed by atoms with E-state index < -0.39 is 6.09 Å². The summed E-state index contributed by atoms with van der Waals surface area (Å²) in [6, 6.07) is 13.2. The monoisotopic (exact) mass is 439 g/mol. The van der Waals surface area contributed by atoms with Gasteiger partial charge in [-0.05, 0) is 50.3 Å². The largest absolute Gasteiger partial charge is 0.489 e. The molecular formula is C24H33N5O3. The molecule has 8 heteroatoms. The minimum absolute atomic E-state index is 0.105. The van der Waals surface area contributed by atoms with Crippen LogP contribution in [0.15, 0.2) is 48.2 Å². The molecule has 32 heavy (non-hydrogen) atoms. The highest BCUT2D eigenvalue weighted by molar-refractivity contribution is 5.69. The normalized spacial score (nSPS) is 15.0. The molecule has 0 unspecified atom stereocenters. The fraction of sp³-hybridized carbons (Fsp3) is 0.417. The maximum Gasteiger partial charge on any atom is 0.407 e. The number of aryl methyl sites for hydroxylation is 1. The molecule has 1 aromatic carbocycles. The Kier molecular flexibility index (Phi) is 8.33. The third-order valence-corrected chi connectivity index (χ3v) is 5.51. The highest BCUT2D eigenvalue weighted by atomic mass is 16.5. The average molecular weight is 440 g/mol. The van der Waals surface area contributed by atoms with Crippen molar-refractivity contribution in [2.24, 2.45) is 11.6 Å². The van der Waals surface area contributed by atoms with E-state index in [9.17, 15) is 4.79 Å². The lowest BCUT2D eigenvalue weighted by Crippen LogP contribution is -2.36. The van der Waals surface area contributed by atoms with Gasteiger partial charge in [0.25, 0.3) is 0 Å². The Labute approximate surface area is 189 Å². The molecule has 3 rings (SSSR count). The minimum Gasteiger partial charge on any atom is -0.489 e. The van der Waals surface area contributed by atoms with E-state index in [-0.39, 0.29) is 19.3 Å². The van der Waals surface area contributed by atoms with Crippen molar-refractivity contribution in [2.45, 2.75) is 51.7 Å². The number of alkyl carbamates (subject to hydrolysis) is 1. The number of carbonyl (C=O) groups excluding carboxylic acids is 1. The Bertz CT molecular complexity index is 924. The van der Waals surface area contributed by atoms with Crippen LogP contribution in [0.3, 0.4) is 0 Å². The first-order chi connectivity index (χ1) is 15.4. The van der Waals surface area contributed by atoms with Crippen LogP contribution >= 0.6 is 0 Å². The third-order valence-electron chi connectivity index (χ3n) is 5.51. The fourth-order valence-electron chi connectivity index (χ4n) is 3.67. The number of nitrogens with one attached hydrogen (secondary N) is 1. The Hall–Kier alpha value is -3.26. The molecule has 1 fully saturated rings. The molecule has 0 aliphatic heterocycles. The van der Waals surface area contributed by atoms with Crippen LogP contribution in [0.1, 0.15) is 49.1 Å². The van der Waals surface area contributed by atoms with Crippen molar-refractivity contribution in [1.29, 1.82) is 0 Å². The molecule has 0 radical (unpaired) electrons. The van der Waals surface area contributed by atoms with Gasteiger partial charge >= 0.3 is 6.09 Å². The maximum absolute atomic E-state index is 12.1. The number of ether oxygens (including phenoxy) is 2. The quantitative estimate of drug-likeness (QED) is 0.426. The maximum atomic E-state index is 12.1. The van der Waals surface area contributed by atoms with Gasteiger partial charge in [-0.15, -0.1) is 0 Å². The van der Waals surface area contributed by atoms with Gasteiger partial charge in [0, 0.05) is 7.05 Å². The number of pyridine rings is 1. The summed E-state index contributed by atoms with van der Waals surface area (Å²) in [5.74, 6) is 6.75. The Balaban J connectivity index is 1.63. The molecule has 0 saturated heterocycles. The minimum atomic E-state index is -0.554. The zero-order valence-corrected chi connectivity index (χ0v) is 18.8. The highest BCUT2D eigenvalue weighted by Gasteiger charge is 2.18. The lowest BCUT2D eigenvalue weighted by Gasteiger charge is -2.24. The van der Waals surface area contributed by atoms with E-state index in [1.54, 1.807) is 7.05 Å². The Morgan fingerprint density at radius 1 is 1.16 bits per heavy atom. The lowest BCUT2D eigenvalue weighted by atomic mass is 9.98. The number of nitrogens with two attached hydrogens (primary N) is 2. The van der Waals surface area contributed by atoms with Crippen LogP contribution in [0.25, 0.3) is 5.70 Å². The van der Waals surface area contributed by atoms with E-state index in [1.807, 2.05) is 49.4 Å². The molecule has 0 atom stereocenters. The van der Waals surface area contributed by atoms with Gasteiger partial charge in [-0.1, -0.05) is 36.8 Å². The molecular weight excluding hydrogens is 406 g/mol. The van der Waals surface area contributed by atoms with Gasteiger partial charge in [0.05, 0.1) is 35.4 Å². The predicted octanol–water partition coefficient (Wildman–Crippen LogP) is 3.46. The SMILES string of the molecule is Cc1nc(/C(N)=C(\CNC(=O)OCc2ccccc2)N(C)N)ccc1OC1CCCCC1. The second-order valence-electron chi connectivity index (χ2n) is 8.04. The fourth-order valence-corrected chi connectivity index (χ4v) is 3.67. The van der Waals surface area contributed by atoms with E-state index in [1.165, 1.54) is 24.3 Å². The molecule has 5 N–H and O–H groups in total. The van der Waals surface area contributed by atoms with Crippen LogP contribution in [-0.2, 0) is 11.3 Å². The highest BCUT2D eigenvalue weighted by Crippen LogP contribution is 2.26. The first-order valence-corrected chi connectivity index (χ1v) is 11.0. The molecule has 0 bridgehead atoms. The van der Waals surface area contributed by atoms with Gasteiger partial charge in [0.2, 0.25) is 0 Å². The van der Waals surface area contributed by atoms with Crippen molar-refractivity contribution in [3.63, 3.8) is 0 Å². The second-order valence-corrected chi connectivity index (χ2v) is 8.04. The Morgan fingerprint density at radius 3 is 2.53 bits per heavy atom. The summed E-state index contributed by atoms with van der Waals surface area (Å²) >= 11 is 0. The van der Waals surface area contributed by atoms with Crippen molar-refractivity contribution in [3.05, 3.63) is 65.1 Å². The van der Waals surface area contributed by atoms with Crippen molar-refractivity contribution in [1.82, 2.24) is 15.3 Å². The van der Waals surface area contributed by atoms with Gasteiger partial charge in [0.15, 0.2) is 0 Å². The smallest absolute Gasteiger partial charge is 0.407 e. The van der Waals surface area contributed by atoms with Crippen LogP contribution in [0, 0.1) is 6.92 Å². The molecule has 1 amide bonds. The molecule has 1 aliphatic rings. The van der Waals surface area contributed by atoms with Gasteiger partial charge in [-0.2, -0.15) is 0 Å². The summed E-state index contributed by atoms with van der Waals surface area (Å²) in [4.78, 5) is 16.7. The summed E-state index contributed by atoms with van der Waals surface area (Å²) < 4.78 is 11.4. The van der Waals surface area contributed by atoms with E-state index >= 15 is 0 Å². The number of aromatic nitrogens is 1. The van der Waals surface area contributed by atoms with Crippen molar-refractivity contribution >= 4 is 11.8 Å². The molecule has 1 aliphatic carbocycles. The topological polar surface area (TPSA) is 116 Å². The number of rotatable bonds is 8. The second kappa shape index (κ2) is 11.4. The number of hydrogen-bond acceptors (Lipinski definition) is 7. The molecule has 172 valence electrons. The number of amides is 1. The summed E-state index contributed by atoms with van der Waals surface area (Å²) in [6.07, 6.45) is 5.55. The van der Waals surface area contributed by atoms with Crippen LogP contribution in [0.2, 0.25) is 0 Å². The van der Waals surface area contributed by atoms with Gasteiger partial charge < -0.3 is 25.5 Å². The summed E-state index contributed by atoms with van der Waals surface area (Å²) in [7, 11) is 1.66. The predicted molar refractivity (Wildman–Crippen MR) is 124 cm³/mol. The van der Waals surface area contributed by atoms with Crippen molar-refractivity contribution < 1.29 is 14.3 Å². The molecule has 1 saturated carbocycles. The van der Waals surface area contributed by atoms with Crippen LogP contribution < -0.4 is 21.6 Å². The van der Waals surface area contributed by atoms with E-state index in [0.717, 1.165) is 29.8 Å². The summed E-state index contributed by atoms with van der Waals surface area (Å²) in [6.45, 7) is 2.19. The first kappa shape index (κ1) is 23.4. The molecule has 1 heterocycles. The summed E-state index contributed by atoms with van der Waals surface area (Å²) in [5, 5.41) is 4.06. The standard InChI is InChI=1S/C24H33N5O3/c1-17-22(32-19-11-7-4-8-12-19)14-13-20(28-17)23(25)21(29(2)26)15-27-24(30)31-16-18-9-5-3-6-10-18/h3,5-6,9-10,13-14,19H,4,7-8,11-12,15-16,25-26H2,1-2H3,(H,27,30)/b23-21-.